The Morgan fingerprint density at radius 3 is 3.00 bits per heavy atom. The monoisotopic (exact) mass is 175 g/mol. The van der Waals surface area contributed by atoms with Gasteiger partial charge in [-0.3, -0.25) is 0 Å². The molecule has 0 aliphatic heterocycles. The minimum absolute atomic E-state index is 0.592. The SMILES string of the molecule is CNc1nccc(-c2ccco2)n1. The molecule has 2 aromatic rings. The summed E-state index contributed by atoms with van der Waals surface area (Å²) in [7, 11) is 1.78. The summed E-state index contributed by atoms with van der Waals surface area (Å²) in [5.41, 5.74) is 0.782. The van der Waals surface area contributed by atoms with Crippen LogP contribution in [0.4, 0.5) is 5.95 Å². The second-order valence-electron chi connectivity index (χ2n) is 2.49. The van der Waals surface area contributed by atoms with E-state index in [1.807, 2.05) is 12.1 Å². The molecule has 0 aliphatic rings. The first kappa shape index (κ1) is 7.79. The summed E-state index contributed by atoms with van der Waals surface area (Å²) < 4.78 is 5.20. The van der Waals surface area contributed by atoms with E-state index >= 15 is 0 Å². The molecule has 0 aromatic carbocycles. The van der Waals surface area contributed by atoms with Crippen LogP contribution in [0.1, 0.15) is 0 Å². The molecule has 1 N–H and O–H groups in total. The van der Waals surface area contributed by atoms with E-state index in [0.29, 0.717) is 5.95 Å². The van der Waals surface area contributed by atoms with Gasteiger partial charge in [-0.2, -0.15) is 0 Å². The zero-order valence-electron chi connectivity index (χ0n) is 7.19. The molecule has 0 amide bonds. The van der Waals surface area contributed by atoms with Crippen molar-refractivity contribution < 1.29 is 4.42 Å². The molecule has 0 bridgehead atoms. The highest BCUT2D eigenvalue weighted by atomic mass is 16.3. The van der Waals surface area contributed by atoms with Gasteiger partial charge in [0.05, 0.1) is 6.26 Å². The lowest BCUT2D eigenvalue weighted by Crippen LogP contribution is -1.95. The van der Waals surface area contributed by atoms with Crippen molar-refractivity contribution in [3.8, 4) is 11.5 Å². The summed E-state index contributed by atoms with van der Waals surface area (Å²) in [5, 5.41) is 2.87. The van der Waals surface area contributed by atoms with Gasteiger partial charge in [0, 0.05) is 13.2 Å². The fourth-order valence-electron chi connectivity index (χ4n) is 1.04. The Morgan fingerprint density at radius 2 is 2.31 bits per heavy atom. The van der Waals surface area contributed by atoms with E-state index in [1.165, 1.54) is 0 Å². The number of nitrogens with one attached hydrogen (secondary N) is 1. The van der Waals surface area contributed by atoms with E-state index in [-0.39, 0.29) is 0 Å². The number of anilines is 1. The summed E-state index contributed by atoms with van der Waals surface area (Å²) in [6, 6.07) is 5.50. The van der Waals surface area contributed by atoms with Gasteiger partial charge in [0.15, 0.2) is 5.76 Å². The largest absolute Gasteiger partial charge is 0.463 e. The van der Waals surface area contributed by atoms with Gasteiger partial charge in [-0.25, -0.2) is 9.97 Å². The number of rotatable bonds is 2. The van der Waals surface area contributed by atoms with Gasteiger partial charge in [0.2, 0.25) is 5.95 Å². The predicted octanol–water partition coefficient (Wildman–Crippen LogP) is 1.78. The van der Waals surface area contributed by atoms with Gasteiger partial charge in [0.25, 0.3) is 0 Å². The van der Waals surface area contributed by atoms with Crippen LogP contribution in [0.2, 0.25) is 0 Å². The maximum absolute atomic E-state index is 5.20. The van der Waals surface area contributed by atoms with Crippen LogP contribution in [-0.4, -0.2) is 17.0 Å². The molecule has 0 unspecified atom stereocenters. The van der Waals surface area contributed by atoms with Gasteiger partial charge >= 0.3 is 0 Å². The molecule has 0 spiro atoms. The summed E-state index contributed by atoms with van der Waals surface area (Å²) in [5.74, 6) is 1.34. The molecule has 2 heterocycles. The minimum atomic E-state index is 0.592. The van der Waals surface area contributed by atoms with Crippen molar-refractivity contribution in [3.63, 3.8) is 0 Å². The average Bonchev–Trinajstić information content (AvgIpc) is 2.71. The molecule has 2 aromatic heterocycles. The van der Waals surface area contributed by atoms with Crippen LogP contribution < -0.4 is 5.32 Å². The molecule has 0 saturated heterocycles. The molecule has 0 aliphatic carbocycles. The van der Waals surface area contributed by atoms with Crippen LogP contribution in [0.15, 0.2) is 35.1 Å². The summed E-state index contributed by atoms with van der Waals surface area (Å²) in [6.07, 6.45) is 3.31. The van der Waals surface area contributed by atoms with E-state index in [1.54, 1.807) is 25.6 Å². The van der Waals surface area contributed by atoms with E-state index < -0.39 is 0 Å². The van der Waals surface area contributed by atoms with Crippen LogP contribution >= 0.6 is 0 Å². The van der Waals surface area contributed by atoms with Crippen molar-refractivity contribution in [1.82, 2.24) is 9.97 Å². The molecule has 0 radical (unpaired) electrons. The molecule has 4 nitrogen and oxygen atoms in total. The Labute approximate surface area is 75.6 Å². The number of hydrogen-bond acceptors (Lipinski definition) is 4. The third-order valence-electron chi connectivity index (χ3n) is 1.65. The second kappa shape index (κ2) is 3.26. The quantitative estimate of drug-likeness (QED) is 0.755. The molecule has 0 fully saturated rings. The maximum Gasteiger partial charge on any atom is 0.223 e. The summed E-state index contributed by atoms with van der Waals surface area (Å²) in [4.78, 5) is 8.22. The van der Waals surface area contributed by atoms with Crippen molar-refractivity contribution in [1.29, 1.82) is 0 Å². The lowest BCUT2D eigenvalue weighted by molar-refractivity contribution is 0.580. The molecule has 4 heteroatoms. The second-order valence-corrected chi connectivity index (χ2v) is 2.49. The van der Waals surface area contributed by atoms with Gasteiger partial charge in [-0.1, -0.05) is 0 Å². The smallest absolute Gasteiger partial charge is 0.223 e. The summed E-state index contributed by atoms with van der Waals surface area (Å²) >= 11 is 0. The predicted molar refractivity (Wildman–Crippen MR) is 49.3 cm³/mol. The molecule has 0 saturated carbocycles. The lowest BCUT2D eigenvalue weighted by atomic mass is 10.3. The molecule has 66 valence electrons. The van der Waals surface area contributed by atoms with E-state index in [9.17, 15) is 0 Å². The fraction of sp³-hybridized carbons (Fsp3) is 0.111. The maximum atomic E-state index is 5.20. The molecular formula is C9H9N3O. The van der Waals surface area contributed by atoms with Crippen LogP contribution in [0.25, 0.3) is 11.5 Å². The number of nitrogens with zero attached hydrogens (tertiary/aromatic N) is 2. The van der Waals surface area contributed by atoms with Crippen molar-refractivity contribution in [3.05, 3.63) is 30.7 Å². The third kappa shape index (κ3) is 1.51. The Bertz CT molecular complexity index is 384. The number of aromatic nitrogens is 2. The van der Waals surface area contributed by atoms with Crippen molar-refractivity contribution in [2.24, 2.45) is 0 Å². The molecule has 0 atom stereocenters. The fourth-order valence-corrected chi connectivity index (χ4v) is 1.04. The minimum Gasteiger partial charge on any atom is -0.463 e. The molecular weight excluding hydrogens is 166 g/mol. The highest BCUT2D eigenvalue weighted by molar-refractivity contribution is 5.52. The highest BCUT2D eigenvalue weighted by Gasteiger charge is 2.02. The first-order valence-corrected chi connectivity index (χ1v) is 3.95. The first-order chi connectivity index (χ1) is 6.40. The Hall–Kier alpha value is -1.84. The van der Waals surface area contributed by atoms with Gasteiger partial charge in [0.1, 0.15) is 5.69 Å². The lowest BCUT2D eigenvalue weighted by Gasteiger charge is -1.99. The van der Waals surface area contributed by atoms with E-state index in [4.69, 9.17) is 4.42 Å². The van der Waals surface area contributed by atoms with Gasteiger partial charge < -0.3 is 9.73 Å². The Kier molecular flexibility index (Phi) is 1.96. The van der Waals surface area contributed by atoms with Crippen LogP contribution in [0.5, 0.6) is 0 Å². The van der Waals surface area contributed by atoms with Gasteiger partial charge in [-0.05, 0) is 18.2 Å². The first-order valence-electron chi connectivity index (χ1n) is 3.95. The third-order valence-corrected chi connectivity index (χ3v) is 1.65. The van der Waals surface area contributed by atoms with Crippen molar-refractivity contribution >= 4 is 5.95 Å². The number of furan rings is 1. The van der Waals surface area contributed by atoms with E-state index in [2.05, 4.69) is 15.3 Å². The Morgan fingerprint density at radius 1 is 1.38 bits per heavy atom. The Balaban J connectivity index is 2.41. The van der Waals surface area contributed by atoms with Crippen molar-refractivity contribution in [2.75, 3.05) is 12.4 Å². The van der Waals surface area contributed by atoms with Crippen LogP contribution in [-0.2, 0) is 0 Å². The normalized spacial score (nSPS) is 9.92. The molecule has 13 heavy (non-hydrogen) atoms. The van der Waals surface area contributed by atoms with Crippen molar-refractivity contribution in [2.45, 2.75) is 0 Å². The van der Waals surface area contributed by atoms with E-state index in [0.717, 1.165) is 11.5 Å². The van der Waals surface area contributed by atoms with Crippen LogP contribution in [0, 0.1) is 0 Å². The zero-order chi connectivity index (χ0) is 9.10. The topological polar surface area (TPSA) is 51.0 Å². The summed E-state index contributed by atoms with van der Waals surface area (Å²) in [6.45, 7) is 0. The standard InChI is InChI=1S/C9H9N3O/c1-10-9-11-5-4-7(12-9)8-3-2-6-13-8/h2-6H,1H3,(H,10,11,12). The zero-order valence-corrected chi connectivity index (χ0v) is 7.19. The van der Waals surface area contributed by atoms with Crippen LogP contribution in [0.3, 0.4) is 0 Å². The average molecular weight is 175 g/mol. The van der Waals surface area contributed by atoms with Gasteiger partial charge in [-0.15, -0.1) is 0 Å². The molecule has 2 rings (SSSR count). The number of hydrogen-bond donors (Lipinski definition) is 1. The highest BCUT2D eigenvalue weighted by Crippen LogP contribution is 2.17.